The molecule has 3 rings (SSSR count). The van der Waals surface area contributed by atoms with E-state index in [4.69, 9.17) is 5.41 Å². The van der Waals surface area contributed by atoms with Gasteiger partial charge >= 0.3 is 0 Å². The number of nitrogens with one attached hydrogen (secondary N) is 2. The van der Waals surface area contributed by atoms with Crippen molar-refractivity contribution in [3.8, 4) is 11.1 Å². The quantitative estimate of drug-likeness (QED) is 0.245. The number of fused-ring (bicyclic) bond motifs is 1. The van der Waals surface area contributed by atoms with Crippen LogP contribution in [0.1, 0.15) is 38.7 Å². The van der Waals surface area contributed by atoms with Gasteiger partial charge in [-0.25, -0.2) is 8.93 Å². The first kappa shape index (κ1) is 22.7. The van der Waals surface area contributed by atoms with Gasteiger partial charge in [0.25, 0.3) is 0 Å². The van der Waals surface area contributed by atoms with Crippen LogP contribution in [0.15, 0.2) is 72.0 Å². The van der Waals surface area contributed by atoms with Crippen molar-refractivity contribution in [2.45, 2.75) is 38.0 Å². The first-order valence-corrected chi connectivity index (χ1v) is 11.7. The van der Waals surface area contributed by atoms with E-state index in [0.29, 0.717) is 4.90 Å². The molecule has 0 bridgehead atoms. The molecule has 1 aromatic carbocycles. The number of unbranched alkanes of at least 4 members (excludes halogenated alkanes) is 2. The maximum atomic E-state index is 12.6. The summed E-state index contributed by atoms with van der Waals surface area (Å²) in [5, 5.41) is 8.48. The molecule has 0 fully saturated rings. The van der Waals surface area contributed by atoms with Gasteiger partial charge in [-0.05, 0) is 60.4 Å². The van der Waals surface area contributed by atoms with Crippen LogP contribution in [0.4, 0.5) is 0 Å². The van der Waals surface area contributed by atoms with E-state index in [-0.39, 0.29) is 0 Å². The lowest BCUT2D eigenvalue weighted by Crippen LogP contribution is -2.18. The lowest BCUT2D eigenvalue weighted by molar-refractivity contribution is 0.657. The van der Waals surface area contributed by atoms with Crippen molar-refractivity contribution in [1.82, 2.24) is 14.7 Å². The van der Waals surface area contributed by atoms with E-state index in [1.54, 1.807) is 24.7 Å². The van der Waals surface area contributed by atoms with Crippen molar-refractivity contribution < 1.29 is 4.21 Å². The monoisotopic (exact) mass is 432 g/mol. The summed E-state index contributed by atoms with van der Waals surface area (Å²) in [6.45, 7) is 4.83. The largest absolute Gasteiger partial charge is 0.309 e. The van der Waals surface area contributed by atoms with E-state index in [0.717, 1.165) is 59.0 Å². The average Bonchev–Trinajstić information content (AvgIpc) is 2.81. The molecular weight excluding hydrogens is 404 g/mol. The Morgan fingerprint density at radius 3 is 2.81 bits per heavy atom. The molecule has 1 atom stereocenters. The SMILES string of the molecule is C/C=C\C(=C/C=N)c1ccnc2ccc(-c3cncc(S(=O)NCCCCC)c3)cc12. The number of allylic oxidation sites excluding steroid dienone is 4. The smallest absolute Gasteiger partial charge is 0.126 e. The van der Waals surface area contributed by atoms with Crippen LogP contribution in [-0.4, -0.2) is 26.9 Å². The van der Waals surface area contributed by atoms with Crippen molar-refractivity contribution in [2.24, 2.45) is 0 Å². The topological polar surface area (TPSA) is 78.7 Å². The molecule has 31 heavy (non-hydrogen) atoms. The fourth-order valence-electron chi connectivity index (χ4n) is 3.38. The Labute approximate surface area is 186 Å². The van der Waals surface area contributed by atoms with E-state index in [2.05, 4.69) is 27.7 Å². The summed E-state index contributed by atoms with van der Waals surface area (Å²) < 4.78 is 15.7. The molecule has 5 nitrogen and oxygen atoms in total. The van der Waals surface area contributed by atoms with Crippen LogP contribution in [0, 0.1) is 5.41 Å². The predicted octanol–water partition coefficient (Wildman–Crippen LogP) is 5.71. The molecule has 0 saturated heterocycles. The second-order valence-corrected chi connectivity index (χ2v) is 8.46. The normalized spacial score (nSPS) is 13.0. The zero-order valence-electron chi connectivity index (χ0n) is 18.0. The van der Waals surface area contributed by atoms with Crippen LogP contribution >= 0.6 is 0 Å². The number of pyridine rings is 2. The van der Waals surface area contributed by atoms with E-state index >= 15 is 0 Å². The molecule has 0 amide bonds. The molecule has 1 unspecified atom stereocenters. The van der Waals surface area contributed by atoms with Gasteiger partial charge in [0.15, 0.2) is 0 Å². The third-order valence-corrected chi connectivity index (χ3v) is 6.05. The Morgan fingerprint density at radius 2 is 2.03 bits per heavy atom. The van der Waals surface area contributed by atoms with Crippen LogP contribution in [0.25, 0.3) is 27.6 Å². The van der Waals surface area contributed by atoms with Crippen molar-refractivity contribution in [3.63, 3.8) is 0 Å². The van der Waals surface area contributed by atoms with E-state index in [1.165, 1.54) is 6.21 Å². The molecule has 3 aromatic rings. The highest BCUT2D eigenvalue weighted by atomic mass is 32.2. The number of rotatable bonds is 10. The summed E-state index contributed by atoms with van der Waals surface area (Å²) in [5.41, 5.74) is 4.73. The summed E-state index contributed by atoms with van der Waals surface area (Å²) in [5.74, 6) is 0. The van der Waals surface area contributed by atoms with Gasteiger partial charge in [-0.3, -0.25) is 9.97 Å². The van der Waals surface area contributed by atoms with Crippen molar-refractivity contribution in [2.75, 3.05) is 6.54 Å². The minimum Gasteiger partial charge on any atom is -0.309 e. The fourth-order valence-corrected chi connectivity index (χ4v) is 4.27. The highest BCUT2D eigenvalue weighted by Gasteiger charge is 2.10. The highest BCUT2D eigenvalue weighted by Crippen LogP contribution is 2.29. The van der Waals surface area contributed by atoms with Gasteiger partial charge < -0.3 is 5.41 Å². The van der Waals surface area contributed by atoms with Gasteiger partial charge in [0, 0.05) is 42.3 Å². The van der Waals surface area contributed by atoms with Gasteiger partial charge in [0.2, 0.25) is 0 Å². The lowest BCUT2D eigenvalue weighted by Gasteiger charge is -2.10. The van der Waals surface area contributed by atoms with Crippen LogP contribution in [0.2, 0.25) is 0 Å². The Bertz CT molecular complexity index is 1140. The predicted molar refractivity (Wildman–Crippen MR) is 130 cm³/mol. The molecule has 2 heterocycles. The Kier molecular flexibility index (Phi) is 8.38. The number of aromatic nitrogens is 2. The third-order valence-electron chi connectivity index (χ3n) is 4.94. The molecule has 0 aliphatic heterocycles. The summed E-state index contributed by atoms with van der Waals surface area (Å²) >= 11 is 0. The Hall–Kier alpha value is -2.96. The fraction of sp³-hybridized carbons (Fsp3) is 0.240. The van der Waals surface area contributed by atoms with Crippen molar-refractivity contribution >= 4 is 33.7 Å². The molecule has 0 saturated carbocycles. The van der Waals surface area contributed by atoms with Crippen molar-refractivity contribution in [1.29, 1.82) is 5.41 Å². The van der Waals surface area contributed by atoms with Gasteiger partial charge in [-0.2, -0.15) is 0 Å². The summed E-state index contributed by atoms with van der Waals surface area (Å²) in [4.78, 5) is 9.48. The molecule has 0 spiro atoms. The first-order chi connectivity index (χ1) is 15.2. The van der Waals surface area contributed by atoms with Crippen LogP contribution in [0.5, 0.6) is 0 Å². The van der Waals surface area contributed by atoms with Gasteiger partial charge in [0.05, 0.1) is 10.4 Å². The van der Waals surface area contributed by atoms with Gasteiger partial charge in [-0.1, -0.05) is 38.0 Å². The molecule has 2 N–H and O–H groups in total. The maximum absolute atomic E-state index is 12.6. The van der Waals surface area contributed by atoms with Crippen molar-refractivity contribution in [3.05, 3.63) is 72.7 Å². The second kappa shape index (κ2) is 11.4. The Balaban J connectivity index is 1.97. The molecule has 0 radical (unpaired) electrons. The standard InChI is InChI=1S/C25H28N4OS/c1-3-5-6-13-29-31(30)22-15-21(17-27-18-22)20-8-9-25-24(16-20)23(11-14-28-25)19(7-4-2)10-12-26/h4,7-12,14-18,26,29H,3,5-6,13H2,1-2H3/b7-4-,19-10+,26-12?. The minimum absolute atomic E-state index is 0.666. The number of hydrogen-bond acceptors (Lipinski definition) is 4. The minimum atomic E-state index is -1.28. The third kappa shape index (κ3) is 5.81. The first-order valence-electron chi connectivity index (χ1n) is 10.5. The summed E-state index contributed by atoms with van der Waals surface area (Å²) in [6.07, 6.45) is 15.5. The second-order valence-electron chi connectivity index (χ2n) is 7.16. The van der Waals surface area contributed by atoms with Crippen LogP contribution in [-0.2, 0) is 11.0 Å². The molecule has 6 heteroatoms. The molecular formula is C25H28N4OS. The van der Waals surface area contributed by atoms with E-state index in [1.807, 2.05) is 43.3 Å². The summed E-state index contributed by atoms with van der Waals surface area (Å²) in [6, 6.07) is 9.96. The van der Waals surface area contributed by atoms with E-state index in [9.17, 15) is 4.21 Å². The van der Waals surface area contributed by atoms with Gasteiger partial charge in [-0.15, -0.1) is 0 Å². The van der Waals surface area contributed by atoms with E-state index < -0.39 is 11.0 Å². The summed E-state index contributed by atoms with van der Waals surface area (Å²) in [7, 11) is -1.28. The molecule has 160 valence electrons. The van der Waals surface area contributed by atoms with Crippen LogP contribution in [0.3, 0.4) is 0 Å². The zero-order valence-corrected chi connectivity index (χ0v) is 18.8. The lowest BCUT2D eigenvalue weighted by atomic mass is 9.97. The molecule has 0 aliphatic rings. The number of hydrogen-bond donors (Lipinski definition) is 2. The molecule has 2 aromatic heterocycles. The maximum Gasteiger partial charge on any atom is 0.126 e. The number of benzene rings is 1. The average molecular weight is 433 g/mol. The Morgan fingerprint density at radius 1 is 1.16 bits per heavy atom. The zero-order chi connectivity index (χ0) is 22.1. The highest BCUT2D eigenvalue weighted by molar-refractivity contribution is 7.83. The van der Waals surface area contributed by atoms with Crippen LogP contribution < -0.4 is 4.72 Å². The number of nitrogens with zero attached hydrogens (tertiary/aromatic N) is 2. The van der Waals surface area contributed by atoms with Gasteiger partial charge in [0.1, 0.15) is 11.0 Å². The molecule has 0 aliphatic carbocycles.